The summed E-state index contributed by atoms with van der Waals surface area (Å²) in [6, 6.07) is 7.90. The second kappa shape index (κ2) is 6.57. The Morgan fingerprint density at radius 3 is 2.53 bits per heavy atom. The van der Waals surface area contributed by atoms with Crippen LogP contribution in [0.5, 0.6) is 5.75 Å². The molecule has 104 valence electrons. The number of ether oxygens (including phenoxy) is 2. The molecule has 1 fully saturated rings. The van der Waals surface area contributed by atoms with Crippen LogP contribution >= 0.6 is 0 Å². The molecule has 0 saturated carbocycles. The molecule has 4 nitrogen and oxygen atoms in total. The highest BCUT2D eigenvalue weighted by Gasteiger charge is 2.23. The lowest BCUT2D eigenvalue weighted by Crippen LogP contribution is -2.46. The molecule has 1 atom stereocenters. The van der Waals surface area contributed by atoms with Crippen molar-refractivity contribution < 1.29 is 14.3 Å². The Morgan fingerprint density at radius 2 is 1.95 bits per heavy atom. The van der Waals surface area contributed by atoms with Gasteiger partial charge in [0.2, 0.25) is 0 Å². The summed E-state index contributed by atoms with van der Waals surface area (Å²) in [5, 5.41) is 0. The van der Waals surface area contributed by atoms with Crippen LogP contribution in [0.25, 0.3) is 0 Å². The first-order valence-electron chi connectivity index (χ1n) is 6.83. The van der Waals surface area contributed by atoms with E-state index in [9.17, 15) is 4.79 Å². The van der Waals surface area contributed by atoms with Gasteiger partial charge in [0.1, 0.15) is 5.75 Å². The number of amides is 1. The summed E-state index contributed by atoms with van der Waals surface area (Å²) in [6.07, 6.45) is 0.549. The van der Waals surface area contributed by atoms with Crippen LogP contribution in [-0.2, 0) is 16.0 Å². The van der Waals surface area contributed by atoms with Crippen LogP contribution in [0.4, 0.5) is 0 Å². The Morgan fingerprint density at radius 1 is 1.32 bits per heavy atom. The molecule has 0 bridgehead atoms. The van der Waals surface area contributed by atoms with Crippen LogP contribution in [0, 0.1) is 0 Å². The summed E-state index contributed by atoms with van der Waals surface area (Å²) >= 11 is 0. The fourth-order valence-corrected chi connectivity index (χ4v) is 2.10. The highest BCUT2D eigenvalue weighted by Crippen LogP contribution is 2.15. The number of hydrogen-bond donors (Lipinski definition) is 0. The Bertz CT molecular complexity index is 410. The standard InChI is InChI=1S/C15H21NO3/c1-3-13-4-6-14(7-5-13)19-12(2)15(17)16-8-10-18-11-9-16/h4-7,12H,3,8-11H2,1-2H3/t12-/m0/s1. The lowest BCUT2D eigenvalue weighted by Gasteiger charge is -2.29. The van der Waals surface area contributed by atoms with Crippen LogP contribution in [0.2, 0.25) is 0 Å². The molecule has 1 aromatic rings. The van der Waals surface area contributed by atoms with E-state index < -0.39 is 6.10 Å². The van der Waals surface area contributed by atoms with Crippen molar-refractivity contribution in [3.8, 4) is 5.75 Å². The summed E-state index contributed by atoms with van der Waals surface area (Å²) in [5.41, 5.74) is 1.26. The van der Waals surface area contributed by atoms with E-state index in [1.807, 2.05) is 24.3 Å². The lowest BCUT2D eigenvalue weighted by molar-refractivity contribution is -0.142. The van der Waals surface area contributed by atoms with Crippen molar-refractivity contribution in [2.45, 2.75) is 26.4 Å². The van der Waals surface area contributed by atoms with Crippen molar-refractivity contribution in [3.05, 3.63) is 29.8 Å². The molecule has 0 aliphatic carbocycles. The minimum Gasteiger partial charge on any atom is -0.481 e. The zero-order valence-corrected chi connectivity index (χ0v) is 11.6. The molecule has 0 aromatic heterocycles. The molecular formula is C15H21NO3. The summed E-state index contributed by atoms with van der Waals surface area (Å²) in [4.78, 5) is 14.0. The Kier molecular flexibility index (Phi) is 4.80. The molecular weight excluding hydrogens is 242 g/mol. The molecule has 19 heavy (non-hydrogen) atoms. The number of benzene rings is 1. The van der Waals surface area contributed by atoms with Gasteiger partial charge in [-0.3, -0.25) is 4.79 Å². The molecule has 0 spiro atoms. The number of carbonyl (C=O) groups excluding carboxylic acids is 1. The molecule has 0 N–H and O–H groups in total. The number of morpholine rings is 1. The van der Waals surface area contributed by atoms with E-state index in [0.29, 0.717) is 26.3 Å². The first kappa shape index (κ1) is 13.9. The van der Waals surface area contributed by atoms with E-state index in [2.05, 4.69) is 6.92 Å². The first-order chi connectivity index (χ1) is 9.20. The van der Waals surface area contributed by atoms with Crippen molar-refractivity contribution in [3.63, 3.8) is 0 Å². The topological polar surface area (TPSA) is 38.8 Å². The van der Waals surface area contributed by atoms with Gasteiger partial charge in [-0.2, -0.15) is 0 Å². The lowest BCUT2D eigenvalue weighted by atomic mass is 10.2. The van der Waals surface area contributed by atoms with Gasteiger partial charge >= 0.3 is 0 Å². The van der Waals surface area contributed by atoms with E-state index in [-0.39, 0.29) is 5.91 Å². The normalized spacial score (nSPS) is 17.1. The van der Waals surface area contributed by atoms with Gasteiger partial charge in [-0.05, 0) is 31.0 Å². The smallest absolute Gasteiger partial charge is 0.263 e. The molecule has 4 heteroatoms. The monoisotopic (exact) mass is 263 g/mol. The quantitative estimate of drug-likeness (QED) is 0.832. The van der Waals surface area contributed by atoms with Gasteiger partial charge in [0.15, 0.2) is 6.10 Å². The molecule has 0 unspecified atom stereocenters. The van der Waals surface area contributed by atoms with Crippen LogP contribution < -0.4 is 4.74 Å². The van der Waals surface area contributed by atoms with Crippen molar-refractivity contribution in [1.82, 2.24) is 4.90 Å². The van der Waals surface area contributed by atoms with E-state index >= 15 is 0 Å². The number of rotatable bonds is 4. The molecule has 1 aliphatic heterocycles. The summed E-state index contributed by atoms with van der Waals surface area (Å²) < 4.78 is 10.9. The molecule has 1 heterocycles. The number of nitrogens with zero attached hydrogens (tertiary/aromatic N) is 1. The maximum absolute atomic E-state index is 12.2. The maximum atomic E-state index is 12.2. The van der Waals surface area contributed by atoms with Crippen LogP contribution in [0.3, 0.4) is 0 Å². The van der Waals surface area contributed by atoms with E-state index in [0.717, 1.165) is 12.2 Å². The maximum Gasteiger partial charge on any atom is 0.263 e. The first-order valence-corrected chi connectivity index (χ1v) is 6.83. The summed E-state index contributed by atoms with van der Waals surface area (Å²) in [5.74, 6) is 0.772. The van der Waals surface area contributed by atoms with E-state index in [4.69, 9.17) is 9.47 Å². The average Bonchev–Trinajstić information content (AvgIpc) is 2.48. The van der Waals surface area contributed by atoms with Gasteiger partial charge in [0, 0.05) is 13.1 Å². The minimum absolute atomic E-state index is 0.0304. The molecule has 1 saturated heterocycles. The second-order valence-electron chi connectivity index (χ2n) is 4.70. The van der Waals surface area contributed by atoms with E-state index in [1.54, 1.807) is 11.8 Å². The van der Waals surface area contributed by atoms with Crippen molar-refractivity contribution in [2.24, 2.45) is 0 Å². The Hall–Kier alpha value is -1.55. The Balaban J connectivity index is 1.91. The molecule has 1 aromatic carbocycles. The summed E-state index contributed by atoms with van der Waals surface area (Å²) in [7, 11) is 0. The Labute approximate surface area is 114 Å². The fourth-order valence-electron chi connectivity index (χ4n) is 2.10. The third-order valence-electron chi connectivity index (χ3n) is 3.31. The largest absolute Gasteiger partial charge is 0.481 e. The zero-order valence-electron chi connectivity index (χ0n) is 11.6. The molecule has 1 amide bonds. The minimum atomic E-state index is -0.453. The fraction of sp³-hybridized carbons (Fsp3) is 0.533. The molecule has 1 aliphatic rings. The predicted octanol–water partition coefficient (Wildman–Crippen LogP) is 1.88. The van der Waals surface area contributed by atoms with Gasteiger partial charge in [-0.15, -0.1) is 0 Å². The zero-order chi connectivity index (χ0) is 13.7. The average molecular weight is 263 g/mol. The number of carbonyl (C=O) groups is 1. The highest BCUT2D eigenvalue weighted by molar-refractivity contribution is 5.81. The third-order valence-corrected chi connectivity index (χ3v) is 3.31. The number of hydrogen-bond acceptors (Lipinski definition) is 3. The van der Waals surface area contributed by atoms with Crippen molar-refractivity contribution >= 4 is 5.91 Å². The second-order valence-corrected chi connectivity index (χ2v) is 4.70. The highest BCUT2D eigenvalue weighted by atomic mass is 16.5. The van der Waals surface area contributed by atoms with Gasteiger partial charge in [-0.25, -0.2) is 0 Å². The van der Waals surface area contributed by atoms with Gasteiger partial charge < -0.3 is 14.4 Å². The van der Waals surface area contributed by atoms with Crippen molar-refractivity contribution in [2.75, 3.05) is 26.3 Å². The van der Waals surface area contributed by atoms with Crippen LogP contribution in [0.1, 0.15) is 19.4 Å². The van der Waals surface area contributed by atoms with Crippen LogP contribution in [0.15, 0.2) is 24.3 Å². The summed E-state index contributed by atoms with van der Waals surface area (Å²) in [6.45, 7) is 6.45. The molecule has 0 radical (unpaired) electrons. The van der Waals surface area contributed by atoms with Crippen molar-refractivity contribution in [1.29, 1.82) is 0 Å². The SMILES string of the molecule is CCc1ccc(O[C@@H](C)C(=O)N2CCOCC2)cc1. The predicted molar refractivity (Wildman–Crippen MR) is 73.3 cm³/mol. The van der Waals surface area contributed by atoms with Gasteiger partial charge in [0.25, 0.3) is 5.91 Å². The third kappa shape index (κ3) is 3.70. The van der Waals surface area contributed by atoms with Gasteiger partial charge in [0.05, 0.1) is 13.2 Å². The molecule has 2 rings (SSSR count). The van der Waals surface area contributed by atoms with E-state index in [1.165, 1.54) is 5.56 Å². The number of aryl methyl sites for hydroxylation is 1. The van der Waals surface area contributed by atoms with Crippen LogP contribution in [-0.4, -0.2) is 43.2 Å². The van der Waals surface area contributed by atoms with Gasteiger partial charge in [-0.1, -0.05) is 19.1 Å².